The van der Waals surface area contributed by atoms with Crippen molar-refractivity contribution in [1.82, 2.24) is 5.32 Å². The highest BCUT2D eigenvalue weighted by Crippen LogP contribution is 2.35. The topological polar surface area (TPSA) is 110 Å². The third kappa shape index (κ3) is 8.27. The number of fused-ring (bicyclic) bond motifs is 1. The summed E-state index contributed by atoms with van der Waals surface area (Å²) in [6.07, 6.45) is -3.50. The second kappa shape index (κ2) is 13.5. The van der Waals surface area contributed by atoms with Crippen LogP contribution < -0.4 is 19.7 Å². The van der Waals surface area contributed by atoms with Crippen molar-refractivity contribution >= 4 is 17.6 Å². The van der Waals surface area contributed by atoms with Crippen molar-refractivity contribution in [2.24, 2.45) is 0 Å². The molecule has 0 aromatic heterocycles. The summed E-state index contributed by atoms with van der Waals surface area (Å²) in [5.74, 6) is -1.22. The van der Waals surface area contributed by atoms with Crippen molar-refractivity contribution in [3.63, 3.8) is 0 Å². The molecular formula is C26H28F3N3O6. The number of carbonyl (C=O) groups is 2. The standard InChI is InChI=1S/C26H28F3N3O6/c1-2-22(31-13-14-35-20-9-5-6-10-21(20)36-16-26(27,28)29)32-19-8-4-3-7-18(19)15-23(32)38-25(34)12-11-24(33)37-17-30/h3-10,22-23,31H,2,11-16H2,1H3. The van der Waals surface area contributed by atoms with Crippen LogP contribution in [0.15, 0.2) is 48.5 Å². The fraction of sp³-hybridized carbons (Fsp3) is 0.423. The maximum Gasteiger partial charge on any atom is 0.422 e. The molecule has 1 aliphatic rings. The van der Waals surface area contributed by atoms with E-state index in [1.807, 2.05) is 36.1 Å². The van der Waals surface area contributed by atoms with Gasteiger partial charge in [-0.1, -0.05) is 37.3 Å². The average molecular weight is 536 g/mol. The molecule has 0 radical (unpaired) electrons. The lowest BCUT2D eigenvalue weighted by Crippen LogP contribution is -2.51. The molecule has 0 spiro atoms. The Labute approximate surface area is 218 Å². The summed E-state index contributed by atoms with van der Waals surface area (Å²) in [5, 5.41) is 11.7. The SMILES string of the molecule is CCC(NCCOc1ccccc1OCC(F)(F)F)N1c2ccccc2CC1OC(=O)CCC(=O)OC#N. The zero-order valence-corrected chi connectivity index (χ0v) is 20.7. The van der Waals surface area contributed by atoms with Crippen LogP contribution in [-0.4, -0.2) is 50.3 Å². The second-order valence-electron chi connectivity index (χ2n) is 8.33. The fourth-order valence-corrected chi connectivity index (χ4v) is 4.03. The van der Waals surface area contributed by atoms with Crippen molar-refractivity contribution in [3.8, 4) is 17.8 Å². The molecule has 2 unspecified atom stereocenters. The number of hydrogen-bond donors (Lipinski definition) is 1. The number of carbonyl (C=O) groups excluding carboxylic acids is 2. The van der Waals surface area contributed by atoms with E-state index in [9.17, 15) is 22.8 Å². The molecule has 1 N–H and O–H groups in total. The number of rotatable bonds is 13. The lowest BCUT2D eigenvalue weighted by molar-refractivity contribution is -0.153. The third-order valence-electron chi connectivity index (χ3n) is 5.64. The van der Waals surface area contributed by atoms with Crippen LogP contribution in [0.4, 0.5) is 18.9 Å². The van der Waals surface area contributed by atoms with Gasteiger partial charge in [-0.2, -0.15) is 13.2 Å². The summed E-state index contributed by atoms with van der Waals surface area (Å²) in [5.41, 5.74) is 1.88. The molecule has 0 aliphatic carbocycles. The number of nitrogens with one attached hydrogen (secondary N) is 1. The average Bonchev–Trinajstić information content (AvgIpc) is 3.24. The highest BCUT2D eigenvalue weighted by Gasteiger charge is 2.36. The first kappa shape index (κ1) is 28.6. The van der Waals surface area contributed by atoms with Crippen LogP contribution in [0.25, 0.3) is 0 Å². The van der Waals surface area contributed by atoms with Crippen molar-refractivity contribution in [1.29, 1.82) is 5.26 Å². The summed E-state index contributed by atoms with van der Waals surface area (Å²) in [6, 6.07) is 13.8. The summed E-state index contributed by atoms with van der Waals surface area (Å²) < 4.78 is 58.0. The Morgan fingerprint density at radius 3 is 2.42 bits per heavy atom. The Balaban J connectivity index is 1.60. The minimum absolute atomic E-state index is 0.00374. The zero-order chi connectivity index (χ0) is 27.5. The van der Waals surface area contributed by atoms with E-state index in [2.05, 4.69) is 10.1 Å². The molecule has 1 heterocycles. The maximum absolute atomic E-state index is 12.5. The number of ether oxygens (including phenoxy) is 4. The first-order valence-corrected chi connectivity index (χ1v) is 12.0. The molecule has 0 bridgehead atoms. The number of hydrogen-bond acceptors (Lipinski definition) is 9. The smallest absolute Gasteiger partial charge is 0.422 e. The second-order valence-corrected chi connectivity index (χ2v) is 8.33. The molecule has 204 valence electrons. The molecule has 2 atom stereocenters. The van der Waals surface area contributed by atoms with E-state index >= 15 is 0 Å². The van der Waals surface area contributed by atoms with Gasteiger partial charge in [0, 0.05) is 18.7 Å². The predicted octanol–water partition coefficient (Wildman–Crippen LogP) is 4.07. The van der Waals surface area contributed by atoms with E-state index in [1.54, 1.807) is 12.1 Å². The lowest BCUT2D eigenvalue weighted by Gasteiger charge is -2.35. The minimum Gasteiger partial charge on any atom is -0.488 e. The van der Waals surface area contributed by atoms with E-state index in [0.29, 0.717) is 19.4 Å². The van der Waals surface area contributed by atoms with Gasteiger partial charge in [0.2, 0.25) is 0 Å². The Morgan fingerprint density at radius 2 is 1.74 bits per heavy atom. The van der Waals surface area contributed by atoms with Crippen LogP contribution in [0.1, 0.15) is 31.7 Å². The normalized spacial score (nSPS) is 15.2. The van der Waals surface area contributed by atoms with E-state index in [4.69, 9.17) is 19.5 Å². The first-order chi connectivity index (χ1) is 18.2. The zero-order valence-electron chi connectivity index (χ0n) is 20.7. The highest BCUT2D eigenvalue weighted by atomic mass is 19.4. The molecular weight excluding hydrogens is 507 g/mol. The largest absolute Gasteiger partial charge is 0.488 e. The molecule has 0 saturated heterocycles. The Hall–Kier alpha value is -3.98. The van der Waals surface area contributed by atoms with Crippen LogP contribution >= 0.6 is 0 Å². The van der Waals surface area contributed by atoms with Gasteiger partial charge in [0.25, 0.3) is 6.26 Å². The van der Waals surface area contributed by atoms with Gasteiger partial charge in [-0.25, -0.2) is 0 Å². The Kier molecular flexibility index (Phi) is 10.2. The van der Waals surface area contributed by atoms with Crippen molar-refractivity contribution in [2.75, 3.05) is 24.7 Å². The maximum atomic E-state index is 12.5. The van der Waals surface area contributed by atoms with Gasteiger partial charge in [0.15, 0.2) is 24.3 Å². The van der Waals surface area contributed by atoms with Gasteiger partial charge in [-0.05, 0) is 30.2 Å². The van der Waals surface area contributed by atoms with Crippen LogP contribution in [0.2, 0.25) is 0 Å². The first-order valence-electron chi connectivity index (χ1n) is 12.0. The number of benzene rings is 2. The summed E-state index contributed by atoms with van der Waals surface area (Å²) in [7, 11) is 0. The van der Waals surface area contributed by atoms with Gasteiger partial charge < -0.3 is 23.8 Å². The fourth-order valence-electron chi connectivity index (χ4n) is 4.03. The Morgan fingerprint density at radius 1 is 1.08 bits per heavy atom. The molecule has 0 amide bonds. The van der Waals surface area contributed by atoms with E-state index in [0.717, 1.165) is 11.3 Å². The molecule has 0 saturated carbocycles. The van der Waals surface area contributed by atoms with Gasteiger partial charge in [0.05, 0.1) is 19.0 Å². The van der Waals surface area contributed by atoms with Gasteiger partial charge >= 0.3 is 18.1 Å². The predicted molar refractivity (Wildman–Crippen MR) is 129 cm³/mol. The van der Waals surface area contributed by atoms with E-state index in [-0.39, 0.29) is 37.1 Å². The van der Waals surface area contributed by atoms with Crippen LogP contribution in [0.5, 0.6) is 11.5 Å². The third-order valence-corrected chi connectivity index (χ3v) is 5.64. The van der Waals surface area contributed by atoms with Gasteiger partial charge in [-0.15, -0.1) is 5.26 Å². The van der Waals surface area contributed by atoms with Crippen LogP contribution in [0.3, 0.4) is 0 Å². The molecule has 2 aromatic carbocycles. The number of halogens is 3. The summed E-state index contributed by atoms with van der Waals surface area (Å²) in [6.45, 7) is 1.02. The molecule has 2 aromatic rings. The van der Waals surface area contributed by atoms with Crippen LogP contribution in [-0.2, 0) is 25.5 Å². The van der Waals surface area contributed by atoms with Crippen LogP contribution in [0, 0.1) is 11.5 Å². The molecule has 9 nitrogen and oxygen atoms in total. The number of nitrogens with zero attached hydrogens (tertiary/aromatic N) is 2. The van der Waals surface area contributed by atoms with Crippen molar-refractivity contribution in [3.05, 3.63) is 54.1 Å². The van der Waals surface area contributed by atoms with Gasteiger partial charge in [0.1, 0.15) is 6.61 Å². The van der Waals surface area contributed by atoms with Gasteiger partial charge in [-0.3, -0.25) is 14.9 Å². The monoisotopic (exact) mass is 535 g/mol. The number of esters is 2. The number of nitriles is 1. The molecule has 12 heteroatoms. The number of alkyl halides is 3. The Bertz CT molecular complexity index is 1140. The van der Waals surface area contributed by atoms with Crippen molar-refractivity contribution < 1.29 is 41.7 Å². The lowest BCUT2D eigenvalue weighted by atomic mass is 10.1. The summed E-state index contributed by atoms with van der Waals surface area (Å²) in [4.78, 5) is 25.8. The number of para-hydroxylation sites is 3. The summed E-state index contributed by atoms with van der Waals surface area (Å²) >= 11 is 0. The quantitative estimate of drug-likeness (QED) is 0.231. The molecule has 3 rings (SSSR count). The van der Waals surface area contributed by atoms with Crippen molar-refractivity contribution in [2.45, 2.75) is 51.2 Å². The molecule has 0 fully saturated rings. The van der Waals surface area contributed by atoms with E-state index < -0.39 is 30.9 Å². The molecule has 38 heavy (non-hydrogen) atoms. The van der Waals surface area contributed by atoms with E-state index in [1.165, 1.54) is 18.4 Å². The molecule has 1 aliphatic heterocycles. The highest BCUT2D eigenvalue weighted by molar-refractivity contribution is 5.78. The number of anilines is 1. The minimum atomic E-state index is -4.46.